The van der Waals surface area contributed by atoms with Gasteiger partial charge in [-0.2, -0.15) is 0 Å². The van der Waals surface area contributed by atoms with E-state index < -0.39 is 11.4 Å². The Balaban J connectivity index is 2.26. The summed E-state index contributed by atoms with van der Waals surface area (Å²) in [5.74, 6) is -1.44. The van der Waals surface area contributed by atoms with E-state index in [9.17, 15) is 19.5 Å². The zero-order valence-electron chi connectivity index (χ0n) is 11.4. The van der Waals surface area contributed by atoms with Crippen molar-refractivity contribution in [1.82, 2.24) is 5.32 Å². The highest BCUT2D eigenvalue weighted by atomic mass is 16.4. The van der Waals surface area contributed by atoms with E-state index in [4.69, 9.17) is 0 Å². The lowest BCUT2D eigenvalue weighted by Crippen LogP contribution is -2.51. The average molecular weight is 288 g/mol. The number of amides is 2. The van der Waals surface area contributed by atoms with Crippen molar-refractivity contribution in [2.24, 2.45) is 0 Å². The van der Waals surface area contributed by atoms with E-state index in [1.807, 2.05) is 0 Å². The molecule has 110 valence electrons. The normalized spacial score (nSPS) is 21.2. The Labute approximate surface area is 121 Å². The maximum Gasteiger partial charge on any atom is 0.315 e. The summed E-state index contributed by atoms with van der Waals surface area (Å²) in [6, 6.07) is 6.59. The first-order chi connectivity index (χ1) is 9.98. The number of nitrogens with one attached hydrogen (secondary N) is 2. The molecule has 2 amide bonds. The summed E-state index contributed by atoms with van der Waals surface area (Å²) in [6.07, 6.45) is 1.59. The first kappa shape index (κ1) is 14.8. The van der Waals surface area contributed by atoms with Crippen LogP contribution in [0, 0.1) is 0 Å². The predicted octanol–water partition coefficient (Wildman–Crippen LogP) is 1.04. The van der Waals surface area contributed by atoms with Gasteiger partial charge in [0.15, 0.2) is 0 Å². The Bertz CT molecular complexity index is 582. The summed E-state index contributed by atoms with van der Waals surface area (Å²) in [5.41, 5.74) is 0.0464. The Kier molecular flexibility index (Phi) is 4.07. The van der Waals surface area contributed by atoms with Gasteiger partial charge in [0.25, 0.3) is 0 Å². The number of carboxylic acids is 1. The molecule has 0 aromatic heterocycles. The molecule has 1 atom stereocenters. The second-order valence-corrected chi connectivity index (χ2v) is 4.93. The lowest BCUT2D eigenvalue weighted by Gasteiger charge is -2.33. The van der Waals surface area contributed by atoms with E-state index in [2.05, 4.69) is 17.2 Å². The number of carbonyl (C=O) groups is 3. The number of aliphatic carboxylic acids is 1. The van der Waals surface area contributed by atoms with Gasteiger partial charge in [-0.1, -0.05) is 18.7 Å². The zero-order valence-corrected chi connectivity index (χ0v) is 11.4. The monoisotopic (exact) mass is 288 g/mol. The minimum atomic E-state index is -1.12. The van der Waals surface area contributed by atoms with Crippen molar-refractivity contribution in [3.8, 4) is 0 Å². The number of carboxylic acid groups (broad SMARTS) is 1. The molecule has 1 heterocycles. The Morgan fingerprint density at radius 3 is 2.48 bits per heavy atom. The fourth-order valence-corrected chi connectivity index (χ4v) is 2.37. The molecule has 6 heteroatoms. The molecule has 0 spiro atoms. The molecular weight excluding hydrogens is 272 g/mol. The van der Waals surface area contributed by atoms with Gasteiger partial charge in [0, 0.05) is 18.7 Å². The fraction of sp³-hybridized carbons (Fsp3) is 0.267. The minimum absolute atomic E-state index is 0.0690. The minimum Gasteiger partial charge on any atom is -0.481 e. The summed E-state index contributed by atoms with van der Waals surface area (Å²) in [7, 11) is 0. The molecule has 2 rings (SSSR count). The van der Waals surface area contributed by atoms with Crippen molar-refractivity contribution in [1.29, 1.82) is 0 Å². The van der Waals surface area contributed by atoms with Gasteiger partial charge in [0.2, 0.25) is 11.8 Å². The molecule has 0 saturated carbocycles. The van der Waals surface area contributed by atoms with Crippen LogP contribution in [0.1, 0.15) is 18.4 Å². The molecule has 0 radical (unpaired) electrons. The number of benzene rings is 1. The second-order valence-electron chi connectivity index (χ2n) is 4.93. The van der Waals surface area contributed by atoms with Crippen LogP contribution in [0.4, 0.5) is 5.69 Å². The van der Waals surface area contributed by atoms with Crippen LogP contribution in [0.5, 0.6) is 0 Å². The van der Waals surface area contributed by atoms with Crippen LogP contribution in [0.3, 0.4) is 0 Å². The molecule has 1 aliphatic rings. The maximum atomic E-state index is 11.7. The van der Waals surface area contributed by atoms with Crippen LogP contribution in [0.25, 0.3) is 0 Å². The summed E-state index contributed by atoms with van der Waals surface area (Å²) in [6.45, 7) is 3.43. The number of anilines is 1. The third-order valence-corrected chi connectivity index (χ3v) is 3.67. The Hall–Kier alpha value is -2.63. The average Bonchev–Trinajstić information content (AvgIpc) is 2.49. The van der Waals surface area contributed by atoms with Crippen LogP contribution in [-0.2, 0) is 19.8 Å². The van der Waals surface area contributed by atoms with Gasteiger partial charge in [-0.05, 0) is 30.2 Å². The van der Waals surface area contributed by atoms with Gasteiger partial charge in [-0.3, -0.25) is 14.4 Å². The molecular formula is C15H16N2O4. The quantitative estimate of drug-likeness (QED) is 0.721. The van der Waals surface area contributed by atoms with Crippen molar-refractivity contribution >= 4 is 23.5 Å². The van der Waals surface area contributed by atoms with E-state index >= 15 is 0 Å². The molecule has 1 aromatic rings. The van der Waals surface area contributed by atoms with Crippen molar-refractivity contribution in [2.45, 2.75) is 18.3 Å². The number of hydrogen-bond donors (Lipinski definition) is 3. The van der Waals surface area contributed by atoms with Gasteiger partial charge in [-0.15, -0.1) is 0 Å². The van der Waals surface area contributed by atoms with Gasteiger partial charge < -0.3 is 15.7 Å². The number of carbonyl (C=O) groups excluding carboxylic acids is 2. The standard InChI is InChI=1S/C15H16N2O4/c1-2-12(18)17-11-5-3-10(4-6-11)15(14(20)21)8-7-13(19)16-9-15/h2-6H,1,7-9H2,(H,16,19)(H,17,18)(H,20,21). The van der Waals surface area contributed by atoms with Gasteiger partial charge in [-0.25, -0.2) is 0 Å². The Morgan fingerprint density at radius 2 is 2.00 bits per heavy atom. The molecule has 3 N–H and O–H groups in total. The number of piperidine rings is 1. The molecule has 0 bridgehead atoms. The van der Waals surface area contributed by atoms with Crippen LogP contribution in [0.15, 0.2) is 36.9 Å². The van der Waals surface area contributed by atoms with Crippen molar-refractivity contribution in [3.63, 3.8) is 0 Å². The Morgan fingerprint density at radius 1 is 1.33 bits per heavy atom. The summed E-state index contributed by atoms with van der Waals surface area (Å²) < 4.78 is 0. The fourth-order valence-electron chi connectivity index (χ4n) is 2.37. The second kappa shape index (κ2) is 5.78. The predicted molar refractivity (Wildman–Crippen MR) is 76.8 cm³/mol. The summed E-state index contributed by atoms with van der Waals surface area (Å²) in [5, 5.41) is 14.7. The molecule has 21 heavy (non-hydrogen) atoms. The number of hydrogen-bond acceptors (Lipinski definition) is 3. The molecule has 1 aliphatic heterocycles. The topological polar surface area (TPSA) is 95.5 Å². The molecule has 1 aromatic carbocycles. The highest BCUT2D eigenvalue weighted by Gasteiger charge is 2.43. The SMILES string of the molecule is C=CC(=O)Nc1ccc(C2(C(=O)O)CCC(=O)NC2)cc1. The molecule has 0 aliphatic carbocycles. The van der Waals surface area contributed by atoms with Crippen LogP contribution < -0.4 is 10.6 Å². The van der Waals surface area contributed by atoms with E-state index in [1.165, 1.54) is 0 Å². The smallest absolute Gasteiger partial charge is 0.315 e. The van der Waals surface area contributed by atoms with Gasteiger partial charge in [0.05, 0.1) is 0 Å². The van der Waals surface area contributed by atoms with Crippen molar-refractivity contribution < 1.29 is 19.5 Å². The highest BCUT2D eigenvalue weighted by molar-refractivity contribution is 5.98. The van der Waals surface area contributed by atoms with E-state index in [-0.39, 0.29) is 31.2 Å². The third kappa shape index (κ3) is 2.94. The van der Waals surface area contributed by atoms with Gasteiger partial charge in [0.1, 0.15) is 5.41 Å². The van der Waals surface area contributed by atoms with Crippen LogP contribution in [-0.4, -0.2) is 29.4 Å². The van der Waals surface area contributed by atoms with Crippen LogP contribution >= 0.6 is 0 Å². The summed E-state index contributed by atoms with van der Waals surface area (Å²) in [4.78, 5) is 34.1. The zero-order chi connectivity index (χ0) is 15.5. The molecule has 6 nitrogen and oxygen atoms in total. The van der Waals surface area contributed by atoms with Gasteiger partial charge >= 0.3 is 5.97 Å². The highest BCUT2D eigenvalue weighted by Crippen LogP contribution is 2.32. The first-order valence-electron chi connectivity index (χ1n) is 6.52. The van der Waals surface area contributed by atoms with E-state index in [0.717, 1.165) is 6.08 Å². The number of rotatable bonds is 4. The van der Waals surface area contributed by atoms with Crippen molar-refractivity contribution in [3.05, 3.63) is 42.5 Å². The third-order valence-electron chi connectivity index (χ3n) is 3.67. The lowest BCUT2D eigenvalue weighted by molar-refractivity contribution is -0.145. The first-order valence-corrected chi connectivity index (χ1v) is 6.52. The van der Waals surface area contributed by atoms with Crippen LogP contribution in [0.2, 0.25) is 0 Å². The van der Waals surface area contributed by atoms with E-state index in [0.29, 0.717) is 11.3 Å². The lowest BCUT2D eigenvalue weighted by atomic mass is 9.74. The molecule has 1 fully saturated rings. The van der Waals surface area contributed by atoms with E-state index in [1.54, 1.807) is 24.3 Å². The van der Waals surface area contributed by atoms with Crippen molar-refractivity contribution in [2.75, 3.05) is 11.9 Å². The summed E-state index contributed by atoms with van der Waals surface area (Å²) >= 11 is 0. The molecule has 1 unspecified atom stereocenters. The maximum absolute atomic E-state index is 11.7. The molecule has 1 saturated heterocycles. The largest absolute Gasteiger partial charge is 0.481 e.